The Balaban J connectivity index is 0. The fraction of sp³-hybridized carbons (Fsp3) is 0.778. The van der Waals surface area contributed by atoms with Crippen LogP contribution in [0.15, 0.2) is 0 Å². The molecule has 2 N–H and O–H groups in total. The van der Waals surface area contributed by atoms with E-state index in [0.29, 0.717) is 13.0 Å². The van der Waals surface area contributed by atoms with Gasteiger partial charge in [-0.3, -0.25) is 10.1 Å². The van der Waals surface area contributed by atoms with E-state index in [0.717, 1.165) is 26.1 Å². The molecule has 0 aromatic rings. The minimum atomic E-state index is -0.375. The minimum Gasteiger partial charge on any atom is -0.338 e. The van der Waals surface area contributed by atoms with E-state index in [1.54, 1.807) is 0 Å². The number of hydrogen-bond donors (Lipinski definition) is 2. The fourth-order valence-electron chi connectivity index (χ4n) is 1.43. The van der Waals surface area contributed by atoms with Crippen LogP contribution < -0.4 is 10.6 Å². The van der Waals surface area contributed by atoms with Crippen LogP contribution >= 0.6 is 0 Å². The molecule has 1 saturated heterocycles. The predicted molar refractivity (Wildman–Crippen MR) is 57.1 cm³/mol. The van der Waals surface area contributed by atoms with Gasteiger partial charge >= 0.3 is 6.03 Å². The Labute approximate surface area is 86.8 Å². The Hall–Kier alpha value is -1.10. The molecule has 1 aliphatic rings. The van der Waals surface area contributed by atoms with E-state index in [2.05, 4.69) is 22.5 Å². The van der Waals surface area contributed by atoms with Crippen molar-refractivity contribution < 1.29 is 12.4 Å². The van der Waals surface area contributed by atoms with Crippen molar-refractivity contribution in [3.05, 3.63) is 0 Å². The monoisotopic (exact) mass is 203 g/mol. The maximum atomic E-state index is 11.2. The molecular formula is C9H21N3O2. The van der Waals surface area contributed by atoms with Gasteiger partial charge in [-0.1, -0.05) is 6.92 Å². The van der Waals surface area contributed by atoms with Crippen molar-refractivity contribution >= 4 is 11.9 Å². The summed E-state index contributed by atoms with van der Waals surface area (Å²) in [5, 5.41) is 4.91. The number of nitrogens with one attached hydrogen (secondary N) is 2. The highest BCUT2D eigenvalue weighted by Gasteiger charge is 2.11. The Morgan fingerprint density at radius 3 is 2.93 bits per heavy atom. The summed E-state index contributed by atoms with van der Waals surface area (Å²) in [5.41, 5.74) is 0. The van der Waals surface area contributed by atoms with E-state index >= 15 is 0 Å². The lowest BCUT2D eigenvalue weighted by molar-refractivity contribution is -0.120. The van der Waals surface area contributed by atoms with Gasteiger partial charge in [0.2, 0.25) is 5.91 Å². The molecule has 0 saturated carbocycles. The topological polar surface area (TPSA) is 61.4 Å². The van der Waals surface area contributed by atoms with Crippen molar-refractivity contribution in [2.24, 2.45) is 0 Å². The Morgan fingerprint density at radius 2 is 2.21 bits per heavy atom. The summed E-state index contributed by atoms with van der Waals surface area (Å²) in [7, 11) is 0. The van der Waals surface area contributed by atoms with Crippen LogP contribution in [0.5, 0.6) is 0 Å². The van der Waals surface area contributed by atoms with Gasteiger partial charge in [0.05, 0.1) is 0 Å². The number of urea groups is 1. The zero-order chi connectivity index (χ0) is 10.4. The Morgan fingerprint density at radius 1 is 1.43 bits per heavy atom. The first-order chi connectivity index (χ1) is 6.72. The lowest BCUT2D eigenvalue weighted by Gasteiger charge is -2.21. The normalized spacial score (nSPS) is 21.2. The Kier molecular flexibility index (Phi) is 4.39. The van der Waals surface area contributed by atoms with E-state index in [1.165, 1.54) is 0 Å². The zero-order valence-electron chi connectivity index (χ0n) is 8.51. The summed E-state index contributed by atoms with van der Waals surface area (Å²) >= 11 is 0. The fourth-order valence-corrected chi connectivity index (χ4v) is 1.43. The molecule has 0 atom stereocenters. The van der Waals surface area contributed by atoms with Crippen molar-refractivity contribution in [2.75, 3.05) is 26.2 Å². The molecule has 0 bridgehead atoms. The minimum absolute atomic E-state index is 0. The molecule has 1 fully saturated rings. The van der Waals surface area contributed by atoms with E-state index in [4.69, 9.17) is 0 Å². The molecule has 1 aliphatic heterocycles. The second kappa shape index (κ2) is 5.59. The van der Waals surface area contributed by atoms with Gasteiger partial charge in [-0.15, -0.1) is 0 Å². The largest absolute Gasteiger partial charge is 0.338 e. The standard InChI is InChI=1S/C9H17N3O2.2H2/c1-2-12-6-3-5-10-9(14)11-8(13)4-7-12;;/h2-7H2,1H3,(H2,10,11,13,14);2*1H. The van der Waals surface area contributed by atoms with Crippen LogP contribution in [-0.4, -0.2) is 43.0 Å². The van der Waals surface area contributed by atoms with Gasteiger partial charge in [0.1, 0.15) is 0 Å². The maximum Gasteiger partial charge on any atom is 0.321 e. The van der Waals surface area contributed by atoms with Gasteiger partial charge in [-0.05, 0) is 19.5 Å². The quantitative estimate of drug-likeness (QED) is 0.649. The molecule has 0 spiro atoms. The highest BCUT2D eigenvalue weighted by molar-refractivity contribution is 5.94. The van der Waals surface area contributed by atoms with Crippen molar-refractivity contribution in [1.82, 2.24) is 15.5 Å². The average Bonchev–Trinajstić information content (AvgIpc) is 2.16. The molecule has 1 rings (SSSR count). The molecule has 0 aliphatic carbocycles. The van der Waals surface area contributed by atoms with Crippen LogP contribution in [0, 0.1) is 0 Å². The van der Waals surface area contributed by atoms with E-state index in [9.17, 15) is 9.59 Å². The van der Waals surface area contributed by atoms with Crippen LogP contribution in [0.1, 0.15) is 22.6 Å². The first-order valence-corrected chi connectivity index (χ1v) is 5.02. The highest BCUT2D eigenvalue weighted by atomic mass is 16.2. The lowest BCUT2D eigenvalue weighted by atomic mass is 10.3. The van der Waals surface area contributed by atoms with Gasteiger partial charge in [0, 0.05) is 22.4 Å². The average molecular weight is 203 g/mol. The third-order valence-corrected chi connectivity index (χ3v) is 2.29. The summed E-state index contributed by atoms with van der Waals surface area (Å²) in [6, 6.07) is -0.375. The number of rotatable bonds is 1. The first kappa shape index (κ1) is 11.0. The van der Waals surface area contributed by atoms with Crippen LogP contribution in [0.2, 0.25) is 0 Å². The van der Waals surface area contributed by atoms with E-state index in [1.807, 2.05) is 0 Å². The van der Waals surface area contributed by atoms with Gasteiger partial charge in [0.15, 0.2) is 0 Å². The van der Waals surface area contributed by atoms with Crippen molar-refractivity contribution in [3.63, 3.8) is 0 Å². The Bertz CT molecular complexity index is 227. The molecule has 0 aromatic heterocycles. The second-order valence-electron chi connectivity index (χ2n) is 3.34. The summed E-state index contributed by atoms with van der Waals surface area (Å²) < 4.78 is 0. The molecule has 5 nitrogen and oxygen atoms in total. The summed E-state index contributed by atoms with van der Waals surface area (Å²) in [4.78, 5) is 24.4. The number of imide groups is 1. The number of amides is 3. The van der Waals surface area contributed by atoms with Crippen molar-refractivity contribution in [3.8, 4) is 0 Å². The predicted octanol–water partition coefficient (Wildman–Crippen LogP) is 0.420. The summed E-state index contributed by atoms with van der Waals surface area (Å²) in [6.45, 7) is 5.30. The smallest absolute Gasteiger partial charge is 0.321 e. The number of carbonyl (C=O) groups excluding carboxylic acids is 2. The van der Waals surface area contributed by atoms with E-state index < -0.39 is 0 Å². The second-order valence-corrected chi connectivity index (χ2v) is 3.34. The molecule has 0 aromatic carbocycles. The summed E-state index contributed by atoms with van der Waals surface area (Å²) in [5.74, 6) is -0.206. The molecule has 14 heavy (non-hydrogen) atoms. The van der Waals surface area contributed by atoms with Gasteiger partial charge in [-0.25, -0.2) is 4.79 Å². The third kappa shape index (κ3) is 3.74. The van der Waals surface area contributed by atoms with Crippen LogP contribution in [-0.2, 0) is 4.79 Å². The molecular weight excluding hydrogens is 182 g/mol. The SMILES string of the molecule is CCN1CCCNC(=O)NC(=O)CC1.[HH].[HH]. The zero-order valence-corrected chi connectivity index (χ0v) is 8.51. The summed E-state index contributed by atoms with van der Waals surface area (Å²) in [6.07, 6.45) is 1.32. The number of carbonyl (C=O) groups is 2. The van der Waals surface area contributed by atoms with Crippen LogP contribution in [0.4, 0.5) is 4.79 Å². The van der Waals surface area contributed by atoms with E-state index in [-0.39, 0.29) is 14.8 Å². The highest BCUT2D eigenvalue weighted by Crippen LogP contribution is 1.95. The molecule has 3 amide bonds. The van der Waals surface area contributed by atoms with Crippen molar-refractivity contribution in [2.45, 2.75) is 19.8 Å². The van der Waals surface area contributed by atoms with Gasteiger partial charge in [-0.2, -0.15) is 0 Å². The molecule has 84 valence electrons. The van der Waals surface area contributed by atoms with Gasteiger partial charge < -0.3 is 10.2 Å². The third-order valence-electron chi connectivity index (χ3n) is 2.29. The van der Waals surface area contributed by atoms with Crippen molar-refractivity contribution in [1.29, 1.82) is 0 Å². The lowest BCUT2D eigenvalue weighted by Crippen LogP contribution is -2.43. The molecule has 0 unspecified atom stereocenters. The first-order valence-electron chi connectivity index (χ1n) is 5.02. The number of nitrogens with zero attached hydrogens (tertiary/aromatic N) is 1. The molecule has 1 heterocycles. The molecule has 0 radical (unpaired) electrons. The van der Waals surface area contributed by atoms with Crippen LogP contribution in [0.25, 0.3) is 0 Å². The molecule has 5 heteroatoms. The number of hydrogen-bond acceptors (Lipinski definition) is 3. The van der Waals surface area contributed by atoms with Crippen LogP contribution in [0.3, 0.4) is 0 Å². The maximum absolute atomic E-state index is 11.2. The van der Waals surface area contributed by atoms with Gasteiger partial charge in [0.25, 0.3) is 0 Å².